The van der Waals surface area contributed by atoms with Crippen molar-refractivity contribution in [2.24, 2.45) is 0 Å². The summed E-state index contributed by atoms with van der Waals surface area (Å²) in [5.74, 6) is 0. The van der Waals surface area contributed by atoms with Crippen LogP contribution in [0.5, 0.6) is 0 Å². The number of aliphatic hydroxyl groups excluding tert-OH is 1. The summed E-state index contributed by atoms with van der Waals surface area (Å²) in [4.78, 5) is 8.11. The van der Waals surface area contributed by atoms with E-state index in [-0.39, 0.29) is 6.61 Å². The number of rotatable bonds is 2. The lowest BCUT2D eigenvalue weighted by Gasteiger charge is -2.06. The van der Waals surface area contributed by atoms with E-state index in [9.17, 15) is 0 Å². The van der Waals surface area contributed by atoms with Gasteiger partial charge in [0.15, 0.2) is 0 Å². The summed E-state index contributed by atoms with van der Waals surface area (Å²) < 4.78 is 0. The Morgan fingerprint density at radius 1 is 1.13 bits per heavy atom. The van der Waals surface area contributed by atoms with Crippen LogP contribution in [0.2, 0.25) is 5.02 Å². The molecule has 0 radical (unpaired) electrons. The molecule has 0 aromatic carbocycles. The zero-order valence-electron chi connectivity index (χ0n) is 7.89. The molecule has 2 aromatic heterocycles. The van der Waals surface area contributed by atoms with Gasteiger partial charge in [0, 0.05) is 24.2 Å². The molecular weight excluding hydrogens is 212 g/mol. The van der Waals surface area contributed by atoms with Crippen LogP contribution in [0.25, 0.3) is 11.3 Å². The van der Waals surface area contributed by atoms with Gasteiger partial charge in [-0.15, -0.1) is 0 Å². The van der Waals surface area contributed by atoms with Crippen LogP contribution in [-0.2, 0) is 6.61 Å². The van der Waals surface area contributed by atoms with Crippen LogP contribution in [0.3, 0.4) is 0 Å². The Morgan fingerprint density at radius 3 is 2.53 bits per heavy atom. The van der Waals surface area contributed by atoms with Crippen LogP contribution in [0.4, 0.5) is 0 Å². The predicted molar refractivity (Wildman–Crippen MR) is 58.4 cm³/mol. The fourth-order valence-corrected chi connectivity index (χ4v) is 1.60. The lowest BCUT2D eigenvalue weighted by molar-refractivity contribution is 0.282. The zero-order valence-corrected chi connectivity index (χ0v) is 8.65. The molecule has 3 nitrogen and oxygen atoms in total. The molecule has 0 bridgehead atoms. The first-order valence-corrected chi connectivity index (χ1v) is 4.85. The third-order valence-corrected chi connectivity index (χ3v) is 2.52. The molecule has 0 amide bonds. The number of hydrogen-bond acceptors (Lipinski definition) is 3. The Hall–Kier alpha value is -1.45. The molecule has 0 aliphatic carbocycles. The normalized spacial score (nSPS) is 10.3. The highest BCUT2D eigenvalue weighted by Gasteiger charge is 2.08. The summed E-state index contributed by atoms with van der Waals surface area (Å²) in [5.41, 5.74) is 2.24. The van der Waals surface area contributed by atoms with Crippen molar-refractivity contribution >= 4 is 11.6 Å². The first kappa shape index (κ1) is 10.1. The molecule has 0 spiro atoms. The van der Waals surface area contributed by atoms with Gasteiger partial charge in [-0.2, -0.15) is 0 Å². The summed E-state index contributed by atoms with van der Waals surface area (Å²) >= 11 is 6.10. The van der Waals surface area contributed by atoms with Crippen molar-refractivity contribution in [2.75, 3.05) is 0 Å². The Balaban J connectivity index is 2.54. The average Bonchev–Trinajstić information content (AvgIpc) is 2.30. The van der Waals surface area contributed by atoms with E-state index >= 15 is 0 Å². The molecule has 0 aliphatic rings. The van der Waals surface area contributed by atoms with Crippen molar-refractivity contribution < 1.29 is 5.11 Å². The van der Waals surface area contributed by atoms with E-state index in [1.54, 1.807) is 24.7 Å². The van der Waals surface area contributed by atoms with Crippen LogP contribution < -0.4 is 0 Å². The van der Waals surface area contributed by atoms with Crippen molar-refractivity contribution in [3.63, 3.8) is 0 Å². The summed E-state index contributed by atoms with van der Waals surface area (Å²) in [6, 6.07) is 5.36. The second-order valence-corrected chi connectivity index (χ2v) is 3.40. The highest BCUT2D eigenvalue weighted by molar-refractivity contribution is 6.33. The average molecular weight is 221 g/mol. The summed E-state index contributed by atoms with van der Waals surface area (Å²) in [6.45, 7) is -0.0839. The van der Waals surface area contributed by atoms with E-state index in [2.05, 4.69) is 9.97 Å². The molecule has 0 fully saturated rings. The highest BCUT2D eigenvalue weighted by atomic mass is 35.5. The van der Waals surface area contributed by atoms with E-state index < -0.39 is 0 Å². The Labute approximate surface area is 92.4 Å². The largest absolute Gasteiger partial charge is 0.392 e. The number of hydrogen-bond donors (Lipinski definition) is 1. The van der Waals surface area contributed by atoms with E-state index in [0.29, 0.717) is 16.3 Å². The van der Waals surface area contributed by atoms with Crippen molar-refractivity contribution in [1.82, 2.24) is 9.97 Å². The third kappa shape index (κ3) is 1.98. The third-order valence-electron chi connectivity index (χ3n) is 2.09. The number of aliphatic hydroxyl groups is 1. The minimum Gasteiger partial charge on any atom is -0.392 e. The maximum Gasteiger partial charge on any atom is 0.0892 e. The van der Waals surface area contributed by atoms with Gasteiger partial charge < -0.3 is 5.11 Å². The lowest BCUT2D eigenvalue weighted by Crippen LogP contribution is -1.91. The molecule has 0 saturated heterocycles. The van der Waals surface area contributed by atoms with Crippen LogP contribution in [0.15, 0.2) is 36.8 Å². The molecule has 2 rings (SSSR count). The van der Waals surface area contributed by atoms with Gasteiger partial charge in [-0.25, -0.2) is 0 Å². The molecular formula is C11H9ClN2O. The van der Waals surface area contributed by atoms with E-state index in [4.69, 9.17) is 16.7 Å². The fourth-order valence-electron chi connectivity index (χ4n) is 1.32. The van der Waals surface area contributed by atoms with Gasteiger partial charge in [0.25, 0.3) is 0 Å². The van der Waals surface area contributed by atoms with Crippen molar-refractivity contribution in [3.05, 3.63) is 47.4 Å². The van der Waals surface area contributed by atoms with Gasteiger partial charge in [0.1, 0.15) is 0 Å². The maximum absolute atomic E-state index is 9.07. The Kier molecular flexibility index (Phi) is 2.94. The lowest BCUT2D eigenvalue weighted by atomic mass is 10.1. The molecule has 15 heavy (non-hydrogen) atoms. The molecule has 4 heteroatoms. The van der Waals surface area contributed by atoms with Crippen LogP contribution >= 0.6 is 11.6 Å². The Bertz CT molecular complexity index is 459. The van der Waals surface area contributed by atoms with Gasteiger partial charge >= 0.3 is 0 Å². The maximum atomic E-state index is 9.07. The summed E-state index contributed by atoms with van der Waals surface area (Å²) in [6.07, 6.45) is 4.99. The van der Waals surface area contributed by atoms with Gasteiger partial charge in [-0.3, -0.25) is 9.97 Å². The first-order chi connectivity index (χ1) is 7.33. The molecule has 76 valence electrons. The smallest absolute Gasteiger partial charge is 0.0892 e. The molecule has 0 saturated carbocycles. The minimum absolute atomic E-state index is 0.0839. The fraction of sp³-hybridized carbons (Fsp3) is 0.0909. The van der Waals surface area contributed by atoms with Gasteiger partial charge in [0.05, 0.1) is 17.3 Å². The Morgan fingerprint density at radius 2 is 1.87 bits per heavy atom. The first-order valence-electron chi connectivity index (χ1n) is 4.47. The quantitative estimate of drug-likeness (QED) is 0.845. The highest BCUT2D eigenvalue weighted by Crippen LogP contribution is 2.27. The molecule has 2 heterocycles. The molecule has 2 aromatic rings. The number of pyridine rings is 2. The van der Waals surface area contributed by atoms with Crippen LogP contribution in [0.1, 0.15) is 5.56 Å². The topological polar surface area (TPSA) is 46.0 Å². The monoisotopic (exact) mass is 220 g/mol. The predicted octanol–water partition coefficient (Wildman–Crippen LogP) is 2.29. The van der Waals surface area contributed by atoms with E-state index in [0.717, 1.165) is 5.56 Å². The van der Waals surface area contributed by atoms with Gasteiger partial charge in [-0.05, 0) is 23.8 Å². The van der Waals surface area contributed by atoms with Crippen LogP contribution in [0, 0.1) is 0 Å². The summed E-state index contributed by atoms with van der Waals surface area (Å²) in [5, 5.41) is 9.56. The standard InChI is InChI=1S/C11H9ClN2O/c12-10-9(7-15)3-6-14-11(10)8-1-4-13-5-2-8/h1-6,15H,7H2. The van der Waals surface area contributed by atoms with Gasteiger partial charge in [0.2, 0.25) is 0 Å². The number of nitrogens with zero attached hydrogens (tertiary/aromatic N) is 2. The van der Waals surface area contributed by atoms with Crippen molar-refractivity contribution in [1.29, 1.82) is 0 Å². The molecule has 0 atom stereocenters. The van der Waals surface area contributed by atoms with E-state index in [1.807, 2.05) is 12.1 Å². The molecule has 0 aliphatic heterocycles. The molecule has 1 N–H and O–H groups in total. The van der Waals surface area contributed by atoms with Crippen LogP contribution in [-0.4, -0.2) is 15.1 Å². The van der Waals surface area contributed by atoms with Crippen molar-refractivity contribution in [3.8, 4) is 11.3 Å². The van der Waals surface area contributed by atoms with Crippen molar-refractivity contribution in [2.45, 2.75) is 6.61 Å². The number of halogens is 1. The second kappa shape index (κ2) is 4.38. The SMILES string of the molecule is OCc1ccnc(-c2ccncc2)c1Cl. The zero-order chi connectivity index (χ0) is 10.7. The summed E-state index contributed by atoms with van der Waals surface area (Å²) in [7, 11) is 0. The second-order valence-electron chi connectivity index (χ2n) is 3.03. The minimum atomic E-state index is -0.0839. The number of aromatic nitrogens is 2. The molecule has 0 unspecified atom stereocenters. The van der Waals surface area contributed by atoms with E-state index in [1.165, 1.54) is 0 Å². The van der Waals surface area contributed by atoms with Gasteiger partial charge in [-0.1, -0.05) is 11.6 Å².